The highest BCUT2D eigenvalue weighted by atomic mass is 35.5. The molecule has 19 heavy (non-hydrogen) atoms. The molecule has 2 amide bonds. The number of hydrogen-bond acceptors (Lipinski definition) is 3. The van der Waals surface area contributed by atoms with E-state index in [-0.39, 0.29) is 0 Å². The van der Waals surface area contributed by atoms with E-state index in [4.69, 9.17) is 28.3 Å². The number of rotatable bonds is 4. The summed E-state index contributed by atoms with van der Waals surface area (Å²) in [6, 6.07) is 2.19. The van der Waals surface area contributed by atoms with Crippen molar-refractivity contribution >= 4 is 40.9 Å². The SMILES string of the molecule is C[C@@H](O)[C@H](NC(=O)Nc1cc(Cl)cc(Cl)c1)C(=O)O. The lowest BCUT2D eigenvalue weighted by molar-refractivity contribution is -0.141. The van der Waals surface area contributed by atoms with Gasteiger partial charge in [0.15, 0.2) is 6.04 Å². The molecular weight excluding hydrogens is 295 g/mol. The molecule has 4 N–H and O–H groups in total. The van der Waals surface area contributed by atoms with Gasteiger partial charge in [0.25, 0.3) is 0 Å². The van der Waals surface area contributed by atoms with E-state index in [0.717, 1.165) is 0 Å². The Hall–Kier alpha value is -1.50. The number of benzene rings is 1. The van der Waals surface area contributed by atoms with Gasteiger partial charge in [0.2, 0.25) is 0 Å². The monoisotopic (exact) mass is 306 g/mol. The van der Waals surface area contributed by atoms with Crippen LogP contribution >= 0.6 is 23.2 Å². The van der Waals surface area contributed by atoms with Crippen LogP contribution in [0.3, 0.4) is 0 Å². The molecule has 8 heteroatoms. The summed E-state index contributed by atoms with van der Waals surface area (Å²) >= 11 is 11.5. The third-order valence-electron chi connectivity index (χ3n) is 2.16. The summed E-state index contributed by atoms with van der Waals surface area (Å²) in [7, 11) is 0. The Bertz CT molecular complexity index is 473. The largest absolute Gasteiger partial charge is 0.480 e. The molecule has 0 aromatic heterocycles. The number of anilines is 1. The molecule has 0 heterocycles. The summed E-state index contributed by atoms with van der Waals surface area (Å²) in [6.45, 7) is 1.26. The predicted molar refractivity (Wildman–Crippen MR) is 71.7 cm³/mol. The molecule has 0 spiro atoms. The zero-order valence-corrected chi connectivity index (χ0v) is 11.4. The number of urea groups is 1. The molecule has 104 valence electrons. The van der Waals surface area contributed by atoms with Crippen LogP contribution in [0.1, 0.15) is 6.92 Å². The summed E-state index contributed by atoms with van der Waals surface area (Å²) < 4.78 is 0. The first kappa shape index (κ1) is 15.6. The van der Waals surface area contributed by atoms with Crippen LogP contribution in [0.5, 0.6) is 0 Å². The minimum Gasteiger partial charge on any atom is -0.480 e. The van der Waals surface area contributed by atoms with Crippen molar-refractivity contribution in [3.8, 4) is 0 Å². The maximum absolute atomic E-state index is 11.6. The molecule has 0 saturated carbocycles. The number of halogens is 2. The van der Waals surface area contributed by atoms with Crippen LogP contribution in [0.25, 0.3) is 0 Å². The maximum atomic E-state index is 11.6. The van der Waals surface area contributed by atoms with E-state index >= 15 is 0 Å². The zero-order valence-electron chi connectivity index (χ0n) is 9.85. The molecule has 0 aliphatic carbocycles. The highest BCUT2D eigenvalue weighted by Gasteiger charge is 2.24. The van der Waals surface area contributed by atoms with Gasteiger partial charge in [-0.1, -0.05) is 23.2 Å². The quantitative estimate of drug-likeness (QED) is 0.683. The molecule has 1 aromatic carbocycles. The van der Waals surface area contributed by atoms with Gasteiger partial charge < -0.3 is 20.8 Å². The van der Waals surface area contributed by atoms with Crippen LogP contribution in [0.15, 0.2) is 18.2 Å². The zero-order chi connectivity index (χ0) is 14.6. The number of amides is 2. The van der Waals surface area contributed by atoms with Crippen molar-refractivity contribution in [3.63, 3.8) is 0 Å². The minimum absolute atomic E-state index is 0.310. The first-order chi connectivity index (χ1) is 8.79. The highest BCUT2D eigenvalue weighted by molar-refractivity contribution is 6.35. The molecule has 1 aromatic rings. The van der Waals surface area contributed by atoms with Crippen LogP contribution in [0.2, 0.25) is 10.0 Å². The normalized spacial score (nSPS) is 13.5. The van der Waals surface area contributed by atoms with Crippen molar-refractivity contribution in [2.75, 3.05) is 5.32 Å². The fourth-order valence-corrected chi connectivity index (χ4v) is 1.85. The van der Waals surface area contributed by atoms with Crippen LogP contribution in [-0.4, -0.2) is 34.4 Å². The van der Waals surface area contributed by atoms with Crippen molar-refractivity contribution in [3.05, 3.63) is 28.2 Å². The number of carbonyl (C=O) groups is 2. The number of aliphatic hydroxyl groups excluding tert-OH is 1. The fraction of sp³-hybridized carbons (Fsp3) is 0.273. The summed E-state index contributed by atoms with van der Waals surface area (Å²) in [6.07, 6.45) is -1.23. The summed E-state index contributed by atoms with van der Waals surface area (Å²) in [5.74, 6) is -1.34. The van der Waals surface area contributed by atoms with E-state index in [9.17, 15) is 14.7 Å². The molecule has 0 unspecified atom stereocenters. The second-order valence-electron chi connectivity index (χ2n) is 3.81. The predicted octanol–water partition coefficient (Wildman–Crippen LogP) is 1.95. The van der Waals surface area contributed by atoms with E-state index in [2.05, 4.69) is 10.6 Å². The number of carboxylic acid groups (broad SMARTS) is 1. The van der Waals surface area contributed by atoms with E-state index in [1.807, 2.05) is 0 Å². The van der Waals surface area contributed by atoms with Crippen molar-refractivity contribution < 1.29 is 19.8 Å². The van der Waals surface area contributed by atoms with Crippen LogP contribution < -0.4 is 10.6 Å². The molecule has 0 fully saturated rings. The molecule has 0 aliphatic rings. The summed E-state index contributed by atoms with van der Waals surface area (Å²) in [5.41, 5.74) is 0.310. The molecule has 0 saturated heterocycles. The number of carboxylic acids is 1. The van der Waals surface area contributed by atoms with Crippen molar-refractivity contribution in [2.24, 2.45) is 0 Å². The average Bonchev–Trinajstić information content (AvgIpc) is 2.23. The number of nitrogens with one attached hydrogen (secondary N) is 2. The van der Waals surface area contributed by atoms with Gasteiger partial charge in [-0.25, -0.2) is 9.59 Å². The topological polar surface area (TPSA) is 98.7 Å². The lowest BCUT2D eigenvalue weighted by Crippen LogP contribution is -2.49. The first-order valence-corrected chi connectivity index (χ1v) is 5.99. The Morgan fingerprint density at radius 1 is 1.21 bits per heavy atom. The van der Waals surface area contributed by atoms with Crippen LogP contribution in [0.4, 0.5) is 10.5 Å². The molecule has 6 nitrogen and oxygen atoms in total. The van der Waals surface area contributed by atoms with E-state index in [1.165, 1.54) is 25.1 Å². The van der Waals surface area contributed by atoms with Gasteiger partial charge >= 0.3 is 12.0 Å². The van der Waals surface area contributed by atoms with Crippen molar-refractivity contribution in [1.82, 2.24) is 5.32 Å². The summed E-state index contributed by atoms with van der Waals surface area (Å²) in [4.78, 5) is 22.4. The number of carbonyl (C=O) groups excluding carboxylic acids is 1. The maximum Gasteiger partial charge on any atom is 0.328 e. The van der Waals surface area contributed by atoms with E-state index in [1.54, 1.807) is 0 Å². The fourth-order valence-electron chi connectivity index (χ4n) is 1.32. The van der Waals surface area contributed by atoms with Gasteiger partial charge in [-0.05, 0) is 25.1 Å². The minimum atomic E-state index is -1.41. The highest BCUT2D eigenvalue weighted by Crippen LogP contribution is 2.22. The Labute approximate surface area is 119 Å². The van der Waals surface area contributed by atoms with Crippen LogP contribution in [0, 0.1) is 0 Å². The molecule has 0 radical (unpaired) electrons. The Kier molecular flexibility index (Phi) is 5.41. The molecular formula is C11H12Cl2N2O4. The molecule has 0 bridgehead atoms. The van der Waals surface area contributed by atoms with Gasteiger partial charge in [-0.15, -0.1) is 0 Å². The Balaban J connectivity index is 2.71. The van der Waals surface area contributed by atoms with Crippen LogP contribution in [-0.2, 0) is 4.79 Å². The average molecular weight is 307 g/mol. The van der Waals surface area contributed by atoms with Gasteiger partial charge in [0, 0.05) is 15.7 Å². The third kappa shape index (κ3) is 4.94. The van der Waals surface area contributed by atoms with Gasteiger partial charge in [-0.2, -0.15) is 0 Å². The van der Waals surface area contributed by atoms with Crippen molar-refractivity contribution in [2.45, 2.75) is 19.1 Å². The van der Waals surface area contributed by atoms with Gasteiger partial charge in [0.1, 0.15) is 0 Å². The Morgan fingerprint density at radius 3 is 2.16 bits per heavy atom. The first-order valence-electron chi connectivity index (χ1n) is 5.24. The molecule has 2 atom stereocenters. The second-order valence-corrected chi connectivity index (χ2v) is 4.69. The lowest BCUT2D eigenvalue weighted by Gasteiger charge is -2.17. The molecule has 0 aliphatic heterocycles. The van der Waals surface area contributed by atoms with Gasteiger partial charge in [-0.3, -0.25) is 0 Å². The van der Waals surface area contributed by atoms with Crippen molar-refractivity contribution in [1.29, 1.82) is 0 Å². The number of aliphatic carboxylic acids is 1. The smallest absolute Gasteiger partial charge is 0.328 e. The lowest BCUT2D eigenvalue weighted by atomic mass is 10.2. The van der Waals surface area contributed by atoms with Gasteiger partial charge in [0.05, 0.1) is 6.10 Å². The van der Waals surface area contributed by atoms with E-state index in [0.29, 0.717) is 15.7 Å². The second kappa shape index (κ2) is 6.60. The standard InChI is InChI=1S/C11H12Cl2N2O4/c1-5(16)9(10(17)18)15-11(19)14-8-3-6(12)2-7(13)4-8/h2-5,9,16H,1H3,(H,17,18)(H2,14,15,19)/t5-,9+/m1/s1. The molecule has 1 rings (SSSR count). The third-order valence-corrected chi connectivity index (χ3v) is 2.59. The summed E-state index contributed by atoms with van der Waals surface area (Å²) in [5, 5.41) is 23.2. The number of hydrogen-bond donors (Lipinski definition) is 4. The number of aliphatic hydroxyl groups is 1. The Morgan fingerprint density at radius 2 is 1.74 bits per heavy atom. The van der Waals surface area contributed by atoms with E-state index < -0.39 is 24.1 Å².